The van der Waals surface area contributed by atoms with Crippen LogP contribution in [0.4, 0.5) is 0 Å². The lowest BCUT2D eigenvalue weighted by atomic mass is 9.80. The minimum Gasteiger partial charge on any atom is -0.271 e. The van der Waals surface area contributed by atoms with Gasteiger partial charge in [0, 0.05) is 12.3 Å². The lowest BCUT2D eigenvalue weighted by Crippen LogP contribution is -2.38. The first-order valence-corrected chi connectivity index (χ1v) is 9.50. The summed E-state index contributed by atoms with van der Waals surface area (Å²) in [6.07, 6.45) is 4.79. The normalized spacial score (nSPS) is 24.8. The number of sulfone groups is 1. The van der Waals surface area contributed by atoms with Crippen molar-refractivity contribution in [2.45, 2.75) is 50.8 Å². The van der Waals surface area contributed by atoms with Gasteiger partial charge in [0.05, 0.1) is 5.25 Å². The number of benzene rings is 1. The largest absolute Gasteiger partial charge is 0.271 e. The van der Waals surface area contributed by atoms with Crippen molar-refractivity contribution in [2.24, 2.45) is 11.8 Å². The number of hydrazine groups is 1. The van der Waals surface area contributed by atoms with Crippen LogP contribution < -0.4 is 11.3 Å². The highest BCUT2D eigenvalue weighted by molar-refractivity contribution is 7.91. The maximum Gasteiger partial charge on any atom is 0.150 e. The van der Waals surface area contributed by atoms with Gasteiger partial charge in [-0.25, -0.2) is 8.42 Å². The van der Waals surface area contributed by atoms with Crippen molar-refractivity contribution in [3.63, 3.8) is 0 Å². The van der Waals surface area contributed by atoms with Gasteiger partial charge >= 0.3 is 0 Å². The van der Waals surface area contributed by atoms with E-state index in [1.54, 1.807) is 0 Å². The number of aryl methyl sites for hydroxylation is 2. The third-order valence-electron chi connectivity index (χ3n) is 4.81. The Hall–Kier alpha value is -0.910. The number of rotatable bonds is 4. The average molecular weight is 310 g/mol. The standard InChI is InChI=1S/C16H26N2O2S/c1-11-7-8-14(9-12(11)2)16(18-17)13-5-4-6-15(10-13)21(3,19)20/h7-9,13,15-16,18H,4-6,10,17H2,1-3H3. The molecule has 1 aromatic carbocycles. The second kappa shape index (κ2) is 6.46. The summed E-state index contributed by atoms with van der Waals surface area (Å²) in [6.45, 7) is 4.18. The molecule has 0 aromatic heterocycles. The number of hydrogen-bond acceptors (Lipinski definition) is 4. The molecule has 1 aliphatic rings. The van der Waals surface area contributed by atoms with Crippen LogP contribution in [-0.4, -0.2) is 19.9 Å². The Morgan fingerprint density at radius 3 is 2.52 bits per heavy atom. The molecule has 0 saturated heterocycles. The van der Waals surface area contributed by atoms with Gasteiger partial charge in [-0.15, -0.1) is 0 Å². The molecule has 1 aromatic rings. The fourth-order valence-electron chi connectivity index (χ4n) is 3.34. The van der Waals surface area contributed by atoms with Crippen LogP contribution in [0.3, 0.4) is 0 Å². The molecule has 0 spiro atoms. The minimum atomic E-state index is -2.97. The first-order chi connectivity index (χ1) is 9.82. The van der Waals surface area contributed by atoms with E-state index in [0.29, 0.717) is 6.42 Å². The van der Waals surface area contributed by atoms with Crippen molar-refractivity contribution in [1.29, 1.82) is 0 Å². The first-order valence-electron chi connectivity index (χ1n) is 7.55. The molecule has 0 radical (unpaired) electrons. The molecule has 1 fully saturated rings. The predicted molar refractivity (Wildman–Crippen MR) is 86.6 cm³/mol. The Kier molecular flexibility index (Phi) is 5.07. The Morgan fingerprint density at radius 1 is 1.24 bits per heavy atom. The highest BCUT2D eigenvalue weighted by Crippen LogP contribution is 2.36. The Bertz CT molecular complexity index is 598. The summed E-state index contributed by atoms with van der Waals surface area (Å²) < 4.78 is 23.7. The van der Waals surface area contributed by atoms with Crippen molar-refractivity contribution in [3.05, 3.63) is 34.9 Å². The number of hydrogen-bond donors (Lipinski definition) is 2. The zero-order valence-corrected chi connectivity index (χ0v) is 13.9. The van der Waals surface area contributed by atoms with Gasteiger partial charge < -0.3 is 0 Å². The van der Waals surface area contributed by atoms with Crippen molar-refractivity contribution >= 4 is 9.84 Å². The van der Waals surface area contributed by atoms with Crippen LogP contribution in [0, 0.1) is 19.8 Å². The van der Waals surface area contributed by atoms with Crippen molar-refractivity contribution < 1.29 is 8.42 Å². The zero-order chi connectivity index (χ0) is 15.6. The van der Waals surface area contributed by atoms with Crippen molar-refractivity contribution in [3.8, 4) is 0 Å². The van der Waals surface area contributed by atoms with Gasteiger partial charge in [0.2, 0.25) is 0 Å². The van der Waals surface area contributed by atoms with Crippen LogP contribution in [-0.2, 0) is 9.84 Å². The van der Waals surface area contributed by atoms with Crippen molar-refractivity contribution in [1.82, 2.24) is 5.43 Å². The van der Waals surface area contributed by atoms with Crippen LogP contribution >= 0.6 is 0 Å². The summed E-state index contributed by atoms with van der Waals surface area (Å²) in [7, 11) is -2.97. The van der Waals surface area contributed by atoms with E-state index in [1.807, 2.05) is 0 Å². The van der Waals surface area contributed by atoms with Crippen LogP contribution in [0.2, 0.25) is 0 Å². The summed E-state index contributed by atoms with van der Waals surface area (Å²) in [4.78, 5) is 0. The van der Waals surface area contributed by atoms with Gasteiger partial charge in [-0.05, 0) is 55.7 Å². The molecule has 118 valence electrons. The molecular formula is C16H26N2O2S. The molecular weight excluding hydrogens is 284 g/mol. The Labute approximate surface area is 128 Å². The molecule has 0 amide bonds. The third kappa shape index (κ3) is 3.84. The van der Waals surface area contributed by atoms with Gasteiger partial charge in [0.1, 0.15) is 9.84 Å². The van der Waals surface area contributed by atoms with Gasteiger partial charge in [0.15, 0.2) is 0 Å². The highest BCUT2D eigenvalue weighted by atomic mass is 32.2. The van der Waals surface area contributed by atoms with E-state index in [2.05, 4.69) is 37.5 Å². The van der Waals surface area contributed by atoms with E-state index < -0.39 is 9.84 Å². The van der Waals surface area contributed by atoms with Crippen LogP contribution in [0.15, 0.2) is 18.2 Å². The minimum absolute atomic E-state index is 0.0221. The molecule has 21 heavy (non-hydrogen) atoms. The summed E-state index contributed by atoms with van der Waals surface area (Å²) in [5.74, 6) is 6.05. The number of nitrogens with two attached hydrogens (primary N) is 1. The lowest BCUT2D eigenvalue weighted by molar-refractivity contribution is 0.274. The maximum atomic E-state index is 11.8. The fraction of sp³-hybridized carbons (Fsp3) is 0.625. The van der Waals surface area contributed by atoms with Gasteiger partial charge in [-0.3, -0.25) is 11.3 Å². The van der Waals surface area contributed by atoms with E-state index in [9.17, 15) is 8.42 Å². The third-order valence-corrected chi connectivity index (χ3v) is 6.45. The van der Waals surface area contributed by atoms with E-state index in [1.165, 1.54) is 17.4 Å². The molecule has 0 bridgehead atoms. The van der Waals surface area contributed by atoms with Gasteiger partial charge in [-0.1, -0.05) is 24.6 Å². The summed E-state index contributed by atoms with van der Waals surface area (Å²) in [5, 5.41) is -0.223. The second-order valence-electron chi connectivity index (χ2n) is 6.37. The molecule has 3 unspecified atom stereocenters. The summed E-state index contributed by atoms with van der Waals surface area (Å²) in [6, 6.07) is 6.38. The quantitative estimate of drug-likeness (QED) is 0.662. The van der Waals surface area contributed by atoms with E-state index >= 15 is 0 Å². The maximum absolute atomic E-state index is 11.8. The van der Waals surface area contributed by atoms with Crippen LogP contribution in [0.5, 0.6) is 0 Å². The molecule has 2 rings (SSSR count). The van der Waals surface area contributed by atoms with Crippen LogP contribution in [0.25, 0.3) is 0 Å². The molecule has 0 heterocycles. The lowest BCUT2D eigenvalue weighted by Gasteiger charge is -2.34. The first kappa shape index (κ1) is 16.5. The molecule has 3 N–H and O–H groups in total. The molecule has 1 saturated carbocycles. The summed E-state index contributed by atoms with van der Waals surface area (Å²) >= 11 is 0. The van der Waals surface area contributed by atoms with Gasteiger partial charge in [-0.2, -0.15) is 0 Å². The topological polar surface area (TPSA) is 72.2 Å². The van der Waals surface area contributed by atoms with E-state index in [0.717, 1.165) is 24.8 Å². The highest BCUT2D eigenvalue weighted by Gasteiger charge is 2.33. The molecule has 3 atom stereocenters. The molecule has 5 heteroatoms. The fourth-order valence-corrected chi connectivity index (χ4v) is 4.53. The molecule has 4 nitrogen and oxygen atoms in total. The Morgan fingerprint density at radius 2 is 1.95 bits per heavy atom. The van der Waals surface area contributed by atoms with Crippen LogP contribution in [0.1, 0.15) is 48.4 Å². The van der Waals surface area contributed by atoms with E-state index in [4.69, 9.17) is 5.84 Å². The van der Waals surface area contributed by atoms with Gasteiger partial charge in [0.25, 0.3) is 0 Å². The SMILES string of the molecule is Cc1ccc(C(NN)C2CCCC(S(C)(=O)=O)C2)cc1C. The van der Waals surface area contributed by atoms with Crippen molar-refractivity contribution in [2.75, 3.05) is 6.26 Å². The molecule has 0 aliphatic heterocycles. The predicted octanol–water partition coefficient (Wildman–Crippen LogP) is 2.41. The molecule has 1 aliphatic carbocycles. The second-order valence-corrected chi connectivity index (χ2v) is 8.69. The number of nitrogens with one attached hydrogen (secondary N) is 1. The summed E-state index contributed by atoms with van der Waals surface area (Å²) in [5.41, 5.74) is 6.56. The smallest absolute Gasteiger partial charge is 0.150 e. The van der Waals surface area contributed by atoms with E-state index in [-0.39, 0.29) is 17.2 Å². The average Bonchev–Trinajstić information content (AvgIpc) is 2.43. The Balaban J connectivity index is 2.22. The zero-order valence-electron chi connectivity index (χ0n) is 13.1. The monoisotopic (exact) mass is 310 g/mol.